The molecule has 0 fully saturated rings. The number of para-hydroxylation sites is 1. The number of aromatic amines is 1. The fourth-order valence-electron chi connectivity index (χ4n) is 2.19. The van der Waals surface area contributed by atoms with Gasteiger partial charge >= 0.3 is 0 Å². The summed E-state index contributed by atoms with van der Waals surface area (Å²) in [6.07, 6.45) is 5.32. The molecule has 0 bridgehead atoms. The molecule has 2 N–H and O–H groups in total. The zero-order chi connectivity index (χ0) is 15.4. The molecule has 0 aliphatic carbocycles. The normalized spacial score (nSPS) is 10.7. The quantitative estimate of drug-likeness (QED) is 0.684. The number of methoxy groups -OCH3 is 1. The molecule has 0 saturated heterocycles. The molecular weight excluding hydrogens is 298 g/mol. The van der Waals surface area contributed by atoms with Gasteiger partial charge in [-0.2, -0.15) is 5.26 Å². The van der Waals surface area contributed by atoms with Gasteiger partial charge in [0, 0.05) is 37.2 Å². The molecule has 0 spiro atoms. The van der Waals surface area contributed by atoms with E-state index in [0.29, 0.717) is 12.2 Å². The lowest BCUT2D eigenvalue weighted by Crippen LogP contribution is -2.04. The van der Waals surface area contributed by atoms with Gasteiger partial charge in [0.1, 0.15) is 11.1 Å². The minimum absolute atomic E-state index is 0.641. The van der Waals surface area contributed by atoms with E-state index >= 15 is 0 Å². The first-order chi connectivity index (χ1) is 10.8. The summed E-state index contributed by atoms with van der Waals surface area (Å²) in [4.78, 5) is 7.31. The van der Waals surface area contributed by atoms with E-state index in [1.54, 1.807) is 19.6 Å². The SMILES string of the molecule is COCCn1cncc1SNc1cccc2c(C#N)c[nH]c12. The fraction of sp³-hybridized carbons (Fsp3) is 0.200. The number of fused-ring (bicyclic) bond motifs is 1. The van der Waals surface area contributed by atoms with Crippen molar-refractivity contribution < 1.29 is 4.74 Å². The Kier molecular flexibility index (Phi) is 4.32. The van der Waals surface area contributed by atoms with E-state index in [1.807, 2.05) is 29.0 Å². The summed E-state index contributed by atoms with van der Waals surface area (Å²) in [5.41, 5.74) is 2.51. The van der Waals surface area contributed by atoms with Crippen LogP contribution in [0.3, 0.4) is 0 Å². The standard InChI is InChI=1S/C15H15N5OS/c1-21-6-5-20-10-17-9-14(20)22-19-13-4-2-3-12-11(7-16)8-18-15(12)13/h2-4,8-10,18-19H,5-6H2,1H3. The van der Waals surface area contributed by atoms with Gasteiger partial charge < -0.3 is 19.0 Å². The lowest BCUT2D eigenvalue weighted by Gasteiger charge is -2.09. The Balaban J connectivity index is 1.79. The van der Waals surface area contributed by atoms with Crippen LogP contribution < -0.4 is 4.72 Å². The molecule has 2 heterocycles. The van der Waals surface area contributed by atoms with Crippen LogP contribution in [0.5, 0.6) is 0 Å². The van der Waals surface area contributed by atoms with E-state index in [0.717, 1.165) is 28.2 Å². The summed E-state index contributed by atoms with van der Waals surface area (Å²) >= 11 is 1.48. The van der Waals surface area contributed by atoms with E-state index < -0.39 is 0 Å². The monoisotopic (exact) mass is 313 g/mol. The third kappa shape index (κ3) is 2.79. The predicted octanol–water partition coefficient (Wildman–Crippen LogP) is 3.00. The Morgan fingerprint density at radius 3 is 3.23 bits per heavy atom. The Bertz CT molecular complexity index is 817. The largest absolute Gasteiger partial charge is 0.383 e. The molecule has 6 nitrogen and oxygen atoms in total. The Hall–Kier alpha value is -2.43. The molecule has 3 rings (SSSR count). The van der Waals surface area contributed by atoms with Gasteiger partial charge in [-0.3, -0.25) is 0 Å². The second kappa shape index (κ2) is 6.56. The number of ether oxygens (including phenoxy) is 1. The number of nitrogens with zero attached hydrogens (tertiary/aromatic N) is 3. The van der Waals surface area contributed by atoms with Crippen molar-refractivity contribution in [3.05, 3.63) is 42.5 Å². The van der Waals surface area contributed by atoms with Crippen molar-refractivity contribution in [3.63, 3.8) is 0 Å². The zero-order valence-electron chi connectivity index (χ0n) is 12.0. The summed E-state index contributed by atoms with van der Waals surface area (Å²) in [5, 5.41) is 11.0. The number of hydrogen-bond acceptors (Lipinski definition) is 5. The van der Waals surface area contributed by atoms with Gasteiger partial charge in [-0.15, -0.1) is 0 Å². The smallest absolute Gasteiger partial charge is 0.116 e. The number of nitrogens with one attached hydrogen (secondary N) is 2. The van der Waals surface area contributed by atoms with Gasteiger partial charge in [0.05, 0.1) is 35.9 Å². The minimum Gasteiger partial charge on any atom is -0.383 e. The number of H-pyrrole nitrogens is 1. The van der Waals surface area contributed by atoms with Crippen LogP contribution in [0.1, 0.15) is 5.56 Å². The Labute approximate surface area is 132 Å². The molecule has 0 saturated carbocycles. The van der Waals surface area contributed by atoms with Crippen LogP contribution >= 0.6 is 11.9 Å². The van der Waals surface area contributed by atoms with Gasteiger partial charge in [-0.05, 0) is 6.07 Å². The molecule has 3 aromatic rings. The zero-order valence-corrected chi connectivity index (χ0v) is 12.9. The van der Waals surface area contributed by atoms with E-state index in [2.05, 4.69) is 20.8 Å². The van der Waals surface area contributed by atoms with E-state index in [1.165, 1.54) is 11.9 Å². The van der Waals surface area contributed by atoms with Crippen LogP contribution in [0.15, 0.2) is 41.9 Å². The van der Waals surface area contributed by atoms with Crippen molar-refractivity contribution in [3.8, 4) is 6.07 Å². The van der Waals surface area contributed by atoms with Crippen molar-refractivity contribution in [1.82, 2.24) is 14.5 Å². The highest BCUT2D eigenvalue weighted by Crippen LogP contribution is 2.28. The van der Waals surface area contributed by atoms with Gasteiger partial charge in [-0.1, -0.05) is 12.1 Å². The number of imidazole rings is 1. The van der Waals surface area contributed by atoms with Crippen LogP contribution in [-0.4, -0.2) is 28.3 Å². The molecule has 112 valence electrons. The molecule has 0 atom stereocenters. The first-order valence-corrected chi connectivity index (χ1v) is 7.57. The summed E-state index contributed by atoms with van der Waals surface area (Å²) in [7, 11) is 1.68. The lowest BCUT2D eigenvalue weighted by molar-refractivity contribution is 0.185. The second-order valence-corrected chi connectivity index (χ2v) is 5.49. The highest BCUT2D eigenvalue weighted by Gasteiger charge is 2.08. The summed E-state index contributed by atoms with van der Waals surface area (Å²) < 4.78 is 10.4. The van der Waals surface area contributed by atoms with Crippen molar-refractivity contribution in [1.29, 1.82) is 5.26 Å². The first kappa shape index (κ1) is 14.5. The maximum Gasteiger partial charge on any atom is 0.116 e. The van der Waals surface area contributed by atoms with E-state index in [4.69, 9.17) is 10.00 Å². The molecule has 0 aliphatic rings. The van der Waals surface area contributed by atoms with Crippen molar-refractivity contribution in [2.24, 2.45) is 0 Å². The van der Waals surface area contributed by atoms with E-state index in [9.17, 15) is 0 Å². The molecule has 7 heteroatoms. The van der Waals surface area contributed by atoms with Crippen molar-refractivity contribution in [2.45, 2.75) is 11.6 Å². The van der Waals surface area contributed by atoms with Gasteiger partial charge in [0.2, 0.25) is 0 Å². The topological polar surface area (TPSA) is 78.7 Å². The van der Waals surface area contributed by atoms with Crippen LogP contribution in [0.25, 0.3) is 10.9 Å². The van der Waals surface area contributed by atoms with Crippen molar-refractivity contribution in [2.75, 3.05) is 18.4 Å². The van der Waals surface area contributed by atoms with Gasteiger partial charge in [0.15, 0.2) is 0 Å². The fourth-order valence-corrected chi connectivity index (χ4v) is 2.94. The lowest BCUT2D eigenvalue weighted by atomic mass is 10.2. The number of aromatic nitrogens is 3. The molecule has 0 radical (unpaired) electrons. The predicted molar refractivity (Wildman–Crippen MR) is 86.6 cm³/mol. The molecular formula is C15H15N5OS. The summed E-state index contributed by atoms with van der Waals surface area (Å²) in [6, 6.07) is 8.03. The molecule has 1 aromatic carbocycles. The average Bonchev–Trinajstić information content (AvgIpc) is 3.17. The summed E-state index contributed by atoms with van der Waals surface area (Å²) in [6.45, 7) is 1.40. The number of anilines is 1. The number of rotatable bonds is 6. The first-order valence-electron chi connectivity index (χ1n) is 6.75. The number of nitriles is 1. The maximum atomic E-state index is 9.10. The third-order valence-corrected chi connectivity index (χ3v) is 4.18. The van der Waals surface area contributed by atoms with Crippen molar-refractivity contribution >= 4 is 28.5 Å². The molecule has 0 aliphatic heterocycles. The van der Waals surface area contributed by atoms with E-state index in [-0.39, 0.29) is 0 Å². The van der Waals surface area contributed by atoms with Crippen LogP contribution in [-0.2, 0) is 11.3 Å². The molecule has 0 amide bonds. The minimum atomic E-state index is 0.641. The van der Waals surface area contributed by atoms with Crippen LogP contribution in [0.4, 0.5) is 5.69 Å². The summed E-state index contributed by atoms with van der Waals surface area (Å²) in [5.74, 6) is 0. The highest BCUT2D eigenvalue weighted by molar-refractivity contribution is 8.00. The average molecular weight is 313 g/mol. The molecule has 22 heavy (non-hydrogen) atoms. The van der Waals surface area contributed by atoms with Gasteiger partial charge in [0.25, 0.3) is 0 Å². The van der Waals surface area contributed by atoms with Crippen LogP contribution in [0, 0.1) is 11.3 Å². The number of hydrogen-bond donors (Lipinski definition) is 2. The molecule has 0 unspecified atom stereocenters. The Morgan fingerprint density at radius 1 is 1.50 bits per heavy atom. The maximum absolute atomic E-state index is 9.10. The molecule has 2 aromatic heterocycles. The second-order valence-electron chi connectivity index (χ2n) is 4.66. The highest BCUT2D eigenvalue weighted by atomic mass is 32.2. The Morgan fingerprint density at radius 2 is 2.41 bits per heavy atom. The van der Waals surface area contributed by atoms with Crippen LogP contribution in [0.2, 0.25) is 0 Å². The third-order valence-electron chi connectivity index (χ3n) is 3.31. The number of benzene rings is 1. The van der Waals surface area contributed by atoms with Gasteiger partial charge in [-0.25, -0.2) is 4.98 Å².